The molecule has 5 heteroatoms. The van der Waals surface area contributed by atoms with Crippen molar-refractivity contribution in [1.29, 1.82) is 0 Å². The SMILES string of the molecule is CCc1ccc(OCc2c(CN)nnn2CC)cc1. The fraction of sp³-hybridized carbons (Fsp3) is 0.429. The van der Waals surface area contributed by atoms with Gasteiger partial charge in [-0.3, -0.25) is 0 Å². The van der Waals surface area contributed by atoms with Crippen LogP contribution in [0.3, 0.4) is 0 Å². The van der Waals surface area contributed by atoms with Crippen LogP contribution in [0.15, 0.2) is 24.3 Å². The van der Waals surface area contributed by atoms with E-state index in [0.717, 1.165) is 30.1 Å². The van der Waals surface area contributed by atoms with Crippen LogP contribution < -0.4 is 10.5 Å². The van der Waals surface area contributed by atoms with E-state index in [1.807, 2.05) is 23.7 Å². The first-order valence-corrected chi connectivity index (χ1v) is 6.61. The summed E-state index contributed by atoms with van der Waals surface area (Å²) in [6.07, 6.45) is 1.03. The number of hydrogen-bond donors (Lipinski definition) is 1. The molecule has 1 heterocycles. The van der Waals surface area contributed by atoms with Crippen LogP contribution in [0.2, 0.25) is 0 Å². The van der Waals surface area contributed by atoms with Gasteiger partial charge in [-0.2, -0.15) is 0 Å². The third-order valence-electron chi connectivity index (χ3n) is 3.12. The van der Waals surface area contributed by atoms with Gasteiger partial charge in [-0.25, -0.2) is 4.68 Å². The second kappa shape index (κ2) is 6.33. The fourth-order valence-corrected chi connectivity index (χ4v) is 1.91. The Morgan fingerprint density at radius 1 is 1.21 bits per heavy atom. The highest BCUT2D eigenvalue weighted by molar-refractivity contribution is 5.27. The molecule has 0 aliphatic heterocycles. The lowest BCUT2D eigenvalue weighted by molar-refractivity contribution is 0.291. The first-order valence-electron chi connectivity index (χ1n) is 6.61. The molecule has 0 atom stereocenters. The summed E-state index contributed by atoms with van der Waals surface area (Å²) in [5, 5.41) is 8.10. The van der Waals surface area contributed by atoms with Gasteiger partial charge in [0.2, 0.25) is 0 Å². The van der Waals surface area contributed by atoms with Crippen molar-refractivity contribution in [2.24, 2.45) is 5.73 Å². The molecular weight excluding hydrogens is 240 g/mol. The number of nitrogens with two attached hydrogens (primary N) is 1. The number of aromatic nitrogens is 3. The van der Waals surface area contributed by atoms with Crippen LogP contribution in [0.25, 0.3) is 0 Å². The summed E-state index contributed by atoms with van der Waals surface area (Å²) in [5.41, 5.74) is 8.70. The topological polar surface area (TPSA) is 66.0 Å². The first-order chi connectivity index (χ1) is 9.28. The molecule has 2 N–H and O–H groups in total. The molecule has 0 saturated carbocycles. The zero-order valence-corrected chi connectivity index (χ0v) is 11.5. The van der Waals surface area contributed by atoms with Gasteiger partial charge in [-0.05, 0) is 31.0 Å². The van der Waals surface area contributed by atoms with Crippen LogP contribution in [-0.4, -0.2) is 15.0 Å². The number of ether oxygens (including phenoxy) is 1. The Balaban J connectivity index is 2.06. The van der Waals surface area contributed by atoms with Crippen molar-refractivity contribution in [2.45, 2.75) is 40.0 Å². The van der Waals surface area contributed by atoms with Crippen LogP contribution in [0.4, 0.5) is 0 Å². The van der Waals surface area contributed by atoms with Gasteiger partial charge < -0.3 is 10.5 Å². The standard InChI is InChI=1S/C14H20N4O/c1-3-11-5-7-12(8-6-11)19-10-14-13(9-15)16-17-18(14)4-2/h5-8H,3-4,9-10,15H2,1-2H3. The zero-order chi connectivity index (χ0) is 13.7. The molecule has 0 unspecified atom stereocenters. The largest absolute Gasteiger partial charge is 0.487 e. The molecule has 0 fully saturated rings. The maximum Gasteiger partial charge on any atom is 0.132 e. The van der Waals surface area contributed by atoms with Gasteiger partial charge in [0, 0.05) is 13.1 Å². The van der Waals surface area contributed by atoms with Crippen molar-refractivity contribution in [1.82, 2.24) is 15.0 Å². The highest BCUT2D eigenvalue weighted by Crippen LogP contribution is 2.15. The lowest BCUT2D eigenvalue weighted by Gasteiger charge is -2.09. The first kappa shape index (κ1) is 13.5. The summed E-state index contributed by atoms with van der Waals surface area (Å²) in [7, 11) is 0. The molecule has 0 aliphatic carbocycles. The number of nitrogens with zero attached hydrogens (tertiary/aromatic N) is 3. The molecule has 2 aromatic rings. The Bertz CT molecular complexity index is 497. The second-order valence-electron chi connectivity index (χ2n) is 4.29. The van der Waals surface area contributed by atoms with E-state index in [1.54, 1.807) is 0 Å². The molecule has 102 valence electrons. The van der Waals surface area contributed by atoms with Crippen molar-refractivity contribution in [3.63, 3.8) is 0 Å². The summed E-state index contributed by atoms with van der Waals surface area (Å²) < 4.78 is 7.60. The van der Waals surface area contributed by atoms with Gasteiger partial charge in [-0.15, -0.1) is 5.10 Å². The van der Waals surface area contributed by atoms with Crippen molar-refractivity contribution in [2.75, 3.05) is 0 Å². The molecular formula is C14H20N4O. The smallest absolute Gasteiger partial charge is 0.132 e. The quantitative estimate of drug-likeness (QED) is 0.861. The number of aryl methyl sites for hydroxylation is 2. The molecule has 0 aliphatic rings. The summed E-state index contributed by atoms with van der Waals surface area (Å²) in [6.45, 7) is 5.75. The summed E-state index contributed by atoms with van der Waals surface area (Å²) >= 11 is 0. The third-order valence-corrected chi connectivity index (χ3v) is 3.12. The normalized spacial score (nSPS) is 10.7. The lowest BCUT2D eigenvalue weighted by atomic mass is 10.2. The zero-order valence-electron chi connectivity index (χ0n) is 11.5. The molecule has 0 radical (unpaired) electrons. The van der Waals surface area contributed by atoms with Gasteiger partial charge in [0.05, 0.1) is 0 Å². The molecule has 0 saturated heterocycles. The van der Waals surface area contributed by atoms with Crippen molar-refractivity contribution >= 4 is 0 Å². The molecule has 0 amide bonds. The average molecular weight is 260 g/mol. The Kier molecular flexibility index (Phi) is 4.52. The predicted octanol–water partition coefficient (Wildman–Crippen LogP) is 1.90. The van der Waals surface area contributed by atoms with E-state index >= 15 is 0 Å². The summed E-state index contributed by atoms with van der Waals surface area (Å²) in [4.78, 5) is 0. The van der Waals surface area contributed by atoms with E-state index in [-0.39, 0.29) is 0 Å². The Morgan fingerprint density at radius 2 is 1.95 bits per heavy atom. The molecule has 2 rings (SSSR count). The van der Waals surface area contributed by atoms with E-state index < -0.39 is 0 Å². The van der Waals surface area contributed by atoms with Crippen LogP contribution in [0.5, 0.6) is 5.75 Å². The van der Waals surface area contributed by atoms with E-state index in [1.165, 1.54) is 5.56 Å². The maximum atomic E-state index is 5.78. The lowest BCUT2D eigenvalue weighted by Crippen LogP contribution is -2.09. The highest BCUT2D eigenvalue weighted by Gasteiger charge is 2.11. The Morgan fingerprint density at radius 3 is 2.53 bits per heavy atom. The van der Waals surface area contributed by atoms with E-state index in [2.05, 4.69) is 29.4 Å². The van der Waals surface area contributed by atoms with E-state index in [9.17, 15) is 0 Å². The van der Waals surface area contributed by atoms with E-state index in [0.29, 0.717) is 13.2 Å². The number of benzene rings is 1. The van der Waals surface area contributed by atoms with Gasteiger partial charge >= 0.3 is 0 Å². The van der Waals surface area contributed by atoms with Crippen molar-refractivity contribution < 1.29 is 4.74 Å². The fourth-order valence-electron chi connectivity index (χ4n) is 1.91. The molecule has 1 aromatic heterocycles. The predicted molar refractivity (Wildman–Crippen MR) is 73.7 cm³/mol. The molecule has 0 bridgehead atoms. The maximum absolute atomic E-state index is 5.78. The third kappa shape index (κ3) is 3.12. The van der Waals surface area contributed by atoms with Crippen molar-refractivity contribution in [3.05, 3.63) is 41.2 Å². The van der Waals surface area contributed by atoms with Crippen LogP contribution in [0.1, 0.15) is 30.8 Å². The van der Waals surface area contributed by atoms with Gasteiger partial charge in [-0.1, -0.05) is 24.3 Å². The minimum atomic E-state index is 0.382. The van der Waals surface area contributed by atoms with E-state index in [4.69, 9.17) is 10.5 Å². The Hall–Kier alpha value is -1.88. The molecule has 5 nitrogen and oxygen atoms in total. The number of hydrogen-bond acceptors (Lipinski definition) is 4. The van der Waals surface area contributed by atoms with Gasteiger partial charge in [0.1, 0.15) is 23.7 Å². The highest BCUT2D eigenvalue weighted by atomic mass is 16.5. The minimum Gasteiger partial charge on any atom is -0.487 e. The van der Waals surface area contributed by atoms with Crippen LogP contribution >= 0.6 is 0 Å². The van der Waals surface area contributed by atoms with Crippen molar-refractivity contribution in [3.8, 4) is 5.75 Å². The Labute approximate surface area is 113 Å². The molecule has 1 aromatic carbocycles. The van der Waals surface area contributed by atoms with Crippen LogP contribution in [0, 0.1) is 0 Å². The van der Waals surface area contributed by atoms with Gasteiger partial charge in [0.25, 0.3) is 0 Å². The average Bonchev–Trinajstić information content (AvgIpc) is 2.87. The number of rotatable bonds is 6. The van der Waals surface area contributed by atoms with Gasteiger partial charge in [0.15, 0.2) is 0 Å². The van der Waals surface area contributed by atoms with Crippen LogP contribution in [-0.2, 0) is 26.1 Å². The summed E-state index contributed by atoms with van der Waals surface area (Å²) in [5.74, 6) is 0.851. The monoisotopic (exact) mass is 260 g/mol. The molecule has 0 spiro atoms. The second-order valence-corrected chi connectivity index (χ2v) is 4.29. The molecule has 19 heavy (non-hydrogen) atoms. The minimum absolute atomic E-state index is 0.382. The summed E-state index contributed by atoms with van der Waals surface area (Å²) in [6, 6.07) is 8.13.